The Morgan fingerprint density at radius 1 is 1.33 bits per heavy atom. The summed E-state index contributed by atoms with van der Waals surface area (Å²) in [5, 5.41) is 4.58. The molecule has 2 atom stereocenters. The highest BCUT2D eigenvalue weighted by Crippen LogP contribution is 2.15. The Labute approximate surface area is 110 Å². The van der Waals surface area contributed by atoms with Crippen LogP contribution in [-0.4, -0.2) is 27.2 Å². The van der Waals surface area contributed by atoms with Crippen LogP contribution in [0, 0.1) is 0 Å². The molecule has 0 saturated carbocycles. The van der Waals surface area contributed by atoms with Crippen LogP contribution >= 0.6 is 0 Å². The Morgan fingerprint density at radius 2 is 2.11 bits per heavy atom. The van der Waals surface area contributed by atoms with Crippen molar-refractivity contribution < 1.29 is 4.21 Å². The first-order valence-electron chi connectivity index (χ1n) is 6.03. The average molecular weight is 262 g/mol. The molecule has 0 fully saturated rings. The Morgan fingerprint density at radius 3 is 2.89 bits per heavy atom. The number of para-hydroxylation sites is 1. The second kappa shape index (κ2) is 6.07. The van der Waals surface area contributed by atoms with Gasteiger partial charge in [0.05, 0.1) is 5.52 Å². The van der Waals surface area contributed by atoms with Gasteiger partial charge in [-0.3, -0.25) is 9.19 Å². The van der Waals surface area contributed by atoms with Crippen LogP contribution in [-0.2, 0) is 17.3 Å². The molecule has 2 unspecified atom stereocenters. The first-order chi connectivity index (χ1) is 8.66. The standard InChI is InChI=1S/C14H18N2OS/c1-11(10-18(2)17)16-9-12-7-8-15-14-6-4-3-5-13(12)14/h3-8,11,16H,9-10H2,1-2H3. The van der Waals surface area contributed by atoms with Crippen LogP contribution in [0.2, 0.25) is 0 Å². The molecule has 0 aliphatic heterocycles. The molecular weight excluding hydrogens is 244 g/mol. The van der Waals surface area contributed by atoms with Crippen LogP contribution in [0.1, 0.15) is 12.5 Å². The summed E-state index contributed by atoms with van der Waals surface area (Å²) in [7, 11) is -0.756. The molecule has 96 valence electrons. The minimum atomic E-state index is -0.756. The number of fused-ring (bicyclic) bond motifs is 1. The number of hydrogen-bond donors (Lipinski definition) is 1. The van der Waals surface area contributed by atoms with Gasteiger partial charge in [0, 0.05) is 47.0 Å². The number of pyridine rings is 1. The highest BCUT2D eigenvalue weighted by molar-refractivity contribution is 7.84. The van der Waals surface area contributed by atoms with Gasteiger partial charge in [-0.1, -0.05) is 18.2 Å². The monoisotopic (exact) mass is 262 g/mol. The molecule has 0 aliphatic carbocycles. The third-order valence-corrected chi connectivity index (χ3v) is 3.83. The van der Waals surface area contributed by atoms with Gasteiger partial charge in [-0.05, 0) is 24.6 Å². The summed E-state index contributed by atoms with van der Waals surface area (Å²) in [6.45, 7) is 2.84. The summed E-state index contributed by atoms with van der Waals surface area (Å²) in [6, 6.07) is 10.4. The molecule has 1 N–H and O–H groups in total. The second-order valence-corrected chi connectivity index (χ2v) is 5.99. The zero-order valence-electron chi connectivity index (χ0n) is 10.7. The largest absolute Gasteiger partial charge is 0.309 e. The van der Waals surface area contributed by atoms with Crippen LogP contribution in [0.25, 0.3) is 10.9 Å². The zero-order chi connectivity index (χ0) is 13.0. The van der Waals surface area contributed by atoms with Gasteiger partial charge in [0.25, 0.3) is 0 Å². The fourth-order valence-corrected chi connectivity index (χ4v) is 2.83. The van der Waals surface area contributed by atoms with Gasteiger partial charge in [-0.2, -0.15) is 0 Å². The predicted molar refractivity (Wildman–Crippen MR) is 77.0 cm³/mol. The molecule has 0 spiro atoms. The van der Waals surface area contributed by atoms with Crippen molar-refractivity contribution in [1.82, 2.24) is 10.3 Å². The quantitative estimate of drug-likeness (QED) is 0.897. The summed E-state index contributed by atoms with van der Waals surface area (Å²) < 4.78 is 11.1. The zero-order valence-corrected chi connectivity index (χ0v) is 11.5. The van der Waals surface area contributed by atoms with E-state index in [0.29, 0.717) is 5.75 Å². The highest BCUT2D eigenvalue weighted by Gasteiger charge is 2.05. The maximum Gasteiger partial charge on any atom is 0.0705 e. The summed E-state index contributed by atoms with van der Waals surface area (Å²) in [5.74, 6) is 0.684. The molecule has 0 radical (unpaired) electrons. The van der Waals surface area contributed by atoms with E-state index in [1.165, 1.54) is 10.9 Å². The van der Waals surface area contributed by atoms with Crippen molar-refractivity contribution in [3.8, 4) is 0 Å². The lowest BCUT2D eigenvalue weighted by Gasteiger charge is -2.13. The van der Waals surface area contributed by atoms with E-state index < -0.39 is 10.8 Å². The normalized spacial score (nSPS) is 14.6. The number of nitrogens with one attached hydrogen (secondary N) is 1. The molecule has 3 nitrogen and oxygen atoms in total. The predicted octanol–water partition coefficient (Wildman–Crippen LogP) is 2.09. The molecule has 4 heteroatoms. The number of aromatic nitrogens is 1. The van der Waals surface area contributed by atoms with Gasteiger partial charge in [0.2, 0.25) is 0 Å². The molecule has 0 amide bonds. The number of rotatable bonds is 5. The average Bonchev–Trinajstić information content (AvgIpc) is 2.35. The van der Waals surface area contributed by atoms with Crippen LogP contribution in [0.3, 0.4) is 0 Å². The molecule has 1 aromatic carbocycles. The lowest BCUT2D eigenvalue weighted by molar-refractivity contribution is 0.589. The van der Waals surface area contributed by atoms with E-state index in [9.17, 15) is 4.21 Å². The first-order valence-corrected chi connectivity index (χ1v) is 7.75. The summed E-state index contributed by atoms with van der Waals surface area (Å²) in [6.07, 6.45) is 3.57. The van der Waals surface area contributed by atoms with E-state index in [1.54, 1.807) is 6.26 Å². The summed E-state index contributed by atoms with van der Waals surface area (Å²) in [4.78, 5) is 4.34. The van der Waals surface area contributed by atoms with Crippen LogP contribution in [0.4, 0.5) is 0 Å². The Hall–Kier alpha value is -1.26. The molecule has 2 aromatic rings. The number of hydrogen-bond acceptors (Lipinski definition) is 3. The van der Waals surface area contributed by atoms with Crippen molar-refractivity contribution in [3.05, 3.63) is 42.1 Å². The SMILES string of the molecule is CC(CS(C)=O)NCc1ccnc2ccccc12. The van der Waals surface area contributed by atoms with Crippen LogP contribution in [0.15, 0.2) is 36.5 Å². The highest BCUT2D eigenvalue weighted by atomic mass is 32.2. The van der Waals surface area contributed by atoms with Crippen molar-refractivity contribution in [1.29, 1.82) is 0 Å². The van der Waals surface area contributed by atoms with Crippen molar-refractivity contribution in [2.75, 3.05) is 12.0 Å². The summed E-state index contributed by atoms with van der Waals surface area (Å²) in [5.41, 5.74) is 2.25. The minimum Gasteiger partial charge on any atom is -0.309 e. The van der Waals surface area contributed by atoms with Gasteiger partial charge in [-0.25, -0.2) is 0 Å². The maximum atomic E-state index is 11.1. The van der Waals surface area contributed by atoms with Crippen LogP contribution < -0.4 is 5.32 Å². The Balaban J connectivity index is 2.10. The third kappa shape index (κ3) is 3.37. The first kappa shape index (κ1) is 13.2. The van der Waals surface area contributed by atoms with Crippen molar-refractivity contribution in [2.45, 2.75) is 19.5 Å². The fourth-order valence-electron chi connectivity index (χ4n) is 2.00. The van der Waals surface area contributed by atoms with E-state index in [1.807, 2.05) is 30.5 Å². The lowest BCUT2D eigenvalue weighted by atomic mass is 10.1. The smallest absolute Gasteiger partial charge is 0.0705 e. The topological polar surface area (TPSA) is 42.0 Å². The number of benzene rings is 1. The van der Waals surface area contributed by atoms with Gasteiger partial charge in [-0.15, -0.1) is 0 Å². The molecule has 1 aromatic heterocycles. The molecule has 18 heavy (non-hydrogen) atoms. The summed E-state index contributed by atoms with van der Waals surface area (Å²) >= 11 is 0. The van der Waals surface area contributed by atoms with E-state index in [-0.39, 0.29) is 6.04 Å². The molecule has 0 bridgehead atoms. The Kier molecular flexibility index (Phi) is 4.44. The minimum absolute atomic E-state index is 0.253. The Bertz CT molecular complexity index is 551. The van der Waals surface area contributed by atoms with E-state index in [4.69, 9.17) is 0 Å². The van der Waals surface area contributed by atoms with Crippen LogP contribution in [0.5, 0.6) is 0 Å². The number of nitrogens with zero attached hydrogens (tertiary/aromatic N) is 1. The van der Waals surface area contributed by atoms with E-state index in [2.05, 4.69) is 23.3 Å². The molecule has 1 heterocycles. The maximum absolute atomic E-state index is 11.1. The van der Waals surface area contributed by atoms with Gasteiger partial charge < -0.3 is 5.32 Å². The van der Waals surface area contributed by atoms with Gasteiger partial charge in [0.15, 0.2) is 0 Å². The van der Waals surface area contributed by atoms with E-state index in [0.717, 1.165) is 12.1 Å². The van der Waals surface area contributed by atoms with Gasteiger partial charge >= 0.3 is 0 Å². The fraction of sp³-hybridized carbons (Fsp3) is 0.357. The van der Waals surface area contributed by atoms with Gasteiger partial charge in [0.1, 0.15) is 0 Å². The lowest BCUT2D eigenvalue weighted by Crippen LogP contribution is -2.30. The van der Waals surface area contributed by atoms with Crippen molar-refractivity contribution >= 4 is 21.7 Å². The molecular formula is C14H18N2OS. The molecule has 0 saturated heterocycles. The molecule has 2 rings (SSSR count). The van der Waals surface area contributed by atoms with E-state index >= 15 is 0 Å². The third-order valence-electron chi connectivity index (χ3n) is 2.87. The second-order valence-electron chi connectivity index (χ2n) is 4.51. The van der Waals surface area contributed by atoms with Crippen molar-refractivity contribution in [2.24, 2.45) is 0 Å². The molecule has 0 aliphatic rings. The van der Waals surface area contributed by atoms with Crippen molar-refractivity contribution in [3.63, 3.8) is 0 Å².